The Morgan fingerprint density at radius 2 is 2.06 bits per heavy atom. The lowest BCUT2D eigenvalue weighted by Crippen LogP contribution is -1.98. The molecule has 0 amide bonds. The molecule has 4 nitrogen and oxygen atoms in total. The summed E-state index contributed by atoms with van der Waals surface area (Å²) in [5, 5.41) is 0. The molecular weight excluding hydrogens is 204 g/mol. The van der Waals surface area contributed by atoms with Crippen molar-refractivity contribution in [3.63, 3.8) is 0 Å². The molecule has 0 spiro atoms. The summed E-state index contributed by atoms with van der Waals surface area (Å²) in [5.41, 5.74) is 2.07. The van der Waals surface area contributed by atoms with Crippen molar-refractivity contribution in [3.05, 3.63) is 23.8 Å². The minimum Gasteiger partial charge on any atom is -0.468 e. The lowest BCUT2D eigenvalue weighted by molar-refractivity contribution is -0.128. The van der Waals surface area contributed by atoms with Crippen molar-refractivity contribution < 1.29 is 9.53 Å². The van der Waals surface area contributed by atoms with Crippen LogP contribution in [0.1, 0.15) is 32.2 Å². The predicted octanol–water partition coefficient (Wildman–Crippen LogP) is 2.16. The normalized spacial score (nSPS) is 9.31. The molecule has 4 heteroatoms. The molecular formula is C12H20N2O2. The van der Waals surface area contributed by atoms with Gasteiger partial charge in [-0.1, -0.05) is 13.8 Å². The summed E-state index contributed by atoms with van der Waals surface area (Å²) >= 11 is 0. The Bertz CT molecular complexity index is 284. The first-order valence-electron chi connectivity index (χ1n) is 5.42. The van der Waals surface area contributed by atoms with Crippen LogP contribution in [-0.2, 0) is 16.0 Å². The monoisotopic (exact) mass is 224 g/mol. The van der Waals surface area contributed by atoms with Crippen molar-refractivity contribution in [2.75, 3.05) is 6.61 Å². The van der Waals surface area contributed by atoms with Crippen LogP contribution in [0.5, 0.6) is 0 Å². The van der Waals surface area contributed by atoms with Gasteiger partial charge in [-0.25, -0.2) is 0 Å². The Morgan fingerprint density at radius 1 is 1.38 bits per heavy atom. The molecule has 0 aliphatic rings. The lowest BCUT2D eigenvalue weighted by Gasteiger charge is -2.02. The molecule has 1 aromatic rings. The zero-order valence-electron chi connectivity index (χ0n) is 10.4. The van der Waals surface area contributed by atoms with Gasteiger partial charge in [0.2, 0.25) is 0 Å². The average molecular weight is 224 g/mol. The zero-order valence-corrected chi connectivity index (χ0v) is 10.4. The van der Waals surface area contributed by atoms with Crippen LogP contribution in [0.15, 0.2) is 12.4 Å². The number of aryl methyl sites for hydroxylation is 1. The molecule has 0 fully saturated rings. The zero-order chi connectivity index (χ0) is 12.4. The van der Waals surface area contributed by atoms with E-state index in [1.807, 2.05) is 19.3 Å². The predicted molar refractivity (Wildman–Crippen MR) is 63.0 cm³/mol. The van der Waals surface area contributed by atoms with Crippen LogP contribution in [0, 0.1) is 12.8 Å². The Kier molecular flexibility index (Phi) is 8.03. The Balaban J connectivity index is 0.000000385. The second kappa shape index (κ2) is 8.83. The van der Waals surface area contributed by atoms with Gasteiger partial charge in [0, 0.05) is 12.4 Å². The first-order chi connectivity index (χ1) is 7.60. The van der Waals surface area contributed by atoms with Gasteiger partial charge in [0.05, 0.1) is 18.0 Å². The van der Waals surface area contributed by atoms with Crippen LogP contribution in [0.25, 0.3) is 0 Å². The van der Waals surface area contributed by atoms with E-state index in [0.717, 1.165) is 17.8 Å². The smallest absolute Gasteiger partial charge is 0.293 e. The second-order valence-electron chi connectivity index (χ2n) is 3.80. The fourth-order valence-electron chi connectivity index (χ4n) is 1.01. The minimum absolute atomic E-state index is 0.431. The molecule has 0 aliphatic carbocycles. The summed E-state index contributed by atoms with van der Waals surface area (Å²) in [6, 6.07) is 0. The molecule has 0 bridgehead atoms. The van der Waals surface area contributed by atoms with Crippen molar-refractivity contribution in [1.82, 2.24) is 9.97 Å². The van der Waals surface area contributed by atoms with Gasteiger partial charge in [0.1, 0.15) is 0 Å². The first-order valence-corrected chi connectivity index (χ1v) is 5.42. The number of ether oxygens (including phenoxy) is 1. The van der Waals surface area contributed by atoms with E-state index in [9.17, 15) is 4.79 Å². The molecule has 0 N–H and O–H groups in total. The molecule has 0 aromatic carbocycles. The van der Waals surface area contributed by atoms with E-state index in [-0.39, 0.29) is 0 Å². The summed E-state index contributed by atoms with van der Waals surface area (Å²) in [6.07, 6.45) is 4.69. The first kappa shape index (κ1) is 14.6. The third-order valence-corrected chi connectivity index (χ3v) is 1.69. The number of hydrogen-bond donors (Lipinski definition) is 0. The molecule has 16 heavy (non-hydrogen) atoms. The third-order valence-electron chi connectivity index (χ3n) is 1.69. The van der Waals surface area contributed by atoms with E-state index in [2.05, 4.69) is 28.6 Å². The topological polar surface area (TPSA) is 52.1 Å². The molecule has 1 heterocycles. The molecule has 90 valence electrons. The fraction of sp³-hybridized carbons (Fsp3) is 0.583. The highest BCUT2D eigenvalue weighted by Gasteiger charge is 1.97. The van der Waals surface area contributed by atoms with Crippen molar-refractivity contribution >= 4 is 6.47 Å². The van der Waals surface area contributed by atoms with E-state index in [0.29, 0.717) is 19.0 Å². The van der Waals surface area contributed by atoms with Gasteiger partial charge >= 0.3 is 0 Å². The fourth-order valence-corrected chi connectivity index (χ4v) is 1.01. The molecule has 0 aliphatic heterocycles. The molecule has 1 rings (SSSR count). The lowest BCUT2D eigenvalue weighted by atomic mass is 10.1. The quantitative estimate of drug-likeness (QED) is 0.735. The maximum Gasteiger partial charge on any atom is 0.293 e. The van der Waals surface area contributed by atoms with Crippen molar-refractivity contribution in [3.8, 4) is 0 Å². The molecule has 0 saturated heterocycles. The summed E-state index contributed by atoms with van der Waals surface area (Å²) in [5.74, 6) is 0.659. The van der Waals surface area contributed by atoms with Gasteiger partial charge in [-0.05, 0) is 26.2 Å². The molecule has 0 saturated carbocycles. The number of rotatable bonds is 4. The molecule has 0 atom stereocenters. The standard InChI is InChI=1S/C9H14N2.C3H6O2/c1-7(2)4-9-6-10-8(3)5-11-9;1-2-5-3-4/h5-7H,4H2,1-3H3;3H,2H2,1H3. The Labute approximate surface area is 97.1 Å². The maximum atomic E-state index is 9.18. The number of carbonyl (C=O) groups excluding carboxylic acids is 1. The van der Waals surface area contributed by atoms with Crippen LogP contribution >= 0.6 is 0 Å². The SMILES string of the molecule is CCOC=O.Cc1cnc(CC(C)C)cn1. The largest absolute Gasteiger partial charge is 0.468 e. The van der Waals surface area contributed by atoms with E-state index in [1.165, 1.54) is 0 Å². The summed E-state index contributed by atoms with van der Waals surface area (Å²) in [7, 11) is 0. The van der Waals surface area contributed by atoms with E-state index in [4.69, 9.17) is 0 Å². The van der Waals surface area contributed by atoms with Gasteiger partial charge in [0.25, 0.3) is 6.47 Å². The van der Waals surface area contributed by atoms with Crippen LogP contribution in [0.2, 0.25) is 0 Å². The summed E-state index contributed by atoms with van der Waals surface area (Å²) in [4.78, 5) is 17.6. The van der Waals surface area contributed by atoms with E-state index in [1.54, 1.807) is 6.92 Å². The van der Waals surface area contributed by atoms with Crippen LogP contribution < -0.4 is 0 Å². The minimum atomic E-state index is 0.431. The van der Waals surface area contributed by atoms with E-state index < -0.39 is 0 Å². The second-order valence-corrected chi connectivity index (χ2v) is 3.80. The number of carbonyl (C=O) groups is 1. The van der Waals surface area contributed by atoms with Gasteiger partial charge in [0.15, 0.2) is 0 Å². The number of aromatic nitrogens is 2. The summed E-state index contributed by atoms with van der Waals surface area (Å²) in [6.45, 7) is 8.98. The van der Waals surface area contributed by atoms with Crippen LogP contribution in [0.4, 0.5) is 0 Å². The van der Waals surface area contributed by atoms with Crippen molar-refractivity contribution in [2.45, 2.75) is 34.1 Å². The Morgan fingerprint density at radius 3 is 2.38 bits per heavy atom. The Hall–Kier alpha value is -1.45. The van der Waals surface area contributed by atoms with Crippen LogP contribution in [0.3, 0.4) is 0 Å². The van der Waals surface area contributed by atoms with E-state index >= 15 is 0 Å². The maximum absolute atomic E-state index is 9.18. The number of hydrogen-bond acceptors (Lipinski definition) is 4. The highest BCUT2D eigenvalue weighted by Crippen LogP contribution is 2.03. The third kappa shape index (κ3) is 7.91. The number of nitrogens with zero attached hydrogens (tertiary/aromatic N) is 2. The van der Waals surface area contributed by atoms with Gasteiger partial charge in [-0.2, -0.15) is 0 Å². The van der Waals surface area contributed by atoms with Gasteiger partial charge in [-0.3, -0.25) is 14.8 Å². The van der Waals surface area contributed by atoms with Crippen molar-refractivity contribution in [2.24, 2.45) is 5.92 Å². The highest BCUT2D eigenvalue weighted by molar-refractivity contribution is 5.36. The highest BCUT2D eigenvalue weighted by atomic mass is 16.5. The van der Waals surface area contributed by atoms with Gasteiger partial charge < -0.3 is 4.74 Å². The average Bonchev–Trinajstić information content (AvgIpc) is 2.23. The van der Waals surface area contributed by atoms with Gasteiger partial charge in [-0.15, -0.1) is 0 Å². The molecule has 0 radical (unpaired) electrons. The molecule has 0 unspecified atom stereocenters. The van der Waals surface area contributed by atoms with Crippen LogP contribution in [-0.4, -0.2) is 23.0 Å². The molecule has 1 aromatic heterocycles. The summed E-state index contributed by atoms with van der Waals surface area (Å²) < 4.78 is 4.15. The van der Waals surface area contributed by atoms with Crippen molar-refractivity contribution in [1.29, 1.82) is 0 Å².